The number of benzene rings is 2. The molecule has 0 aromatic heterocycles. The Morgan fingerprint density at radius 1 is 1.07 bits per heavy atom. The second-order valence-corrected chi connectivity index (χ2v) is 7.50. The van der Waals surface area contributed by atoms with Crippen molar-refractivity contribution in [2.24, 2.45) is 10.9 Å². The Hall–Kier alpha value is -3.02. The average molecular weight is 411 g/mol. The number of carbonyl (C=O) groups is 1. The first kappa shape index (κ1) is 23.3. The number of ether oxygens (including phenoxy) is 1. The summed E-state index contributed by atoms with van der Waals surface area (Å²) in [5.74, 6) is 2.08. The van der Waals surface area contributed by atoms with Crippen LogP contribution in [0.3, 0.4) is 0 Å². The van der Waals surface area contributed by atoms with Crippen molar-refractivity contribution in [1.82, 2.24) is 16.0 Å². The third kappa shape index (κ3) is 8.15. The molecule has 0 unspecified atom stereocenters. The van der Waals surface area contributed by atoms with Crippen LogP contribution in [-0.4, -0.2) is 38.6 Å². The zero-order valence-electron chi connectivity index (χ0n) is 18.5. The minimum atomic E-state index is -0.0701. The van der Waals surface area contributed by atoms with Gasteiger partial charge in [0, 0.05) is 25.7 Å². The summed E-state index contributed by atoms with van der Waals surface area (Å²) in [6.07, 6.45) is 0.799. The summed E-state index contributed by atoms with van der Waals surface area (Å²) in [5.41, 5.74) is 2.89. The second-order valence-electron chi connectivity index (χ2n) is 7.50. The van der Waals surface area contributed by atoms with Gasteiger partial charge in [-0.15, -0.1) is 0 Å². The lowest BCUT2D eigenvalue weighted by Gasteiger charge is -2.12. The van der Waals surface area contributed by atoms with Crippen molar-refractivity contribution >= 4 is 11.9 Å². The first-order chi connectivity index (χ1) is 14.5. The number of amides is 1. The molecule has 2 aromatic rings. The molecule has 0 bridgehead atoms. The average Bonchev–Trinajstić information content (AvgIpc) is 2.76. The molecule has 0 heterocycles. The monoisotopic (exact) mass is 410 g/mol. The van der Waals surface area contributed by atoms with Crippen LogP contribution in [0.1, 0.15) is 42.3 Å². The molecule has 0 saturated carbocycles. The zero-order chi connectivity index (χ0) is 21.8. The lowest BCUT2D eigenvalue weighted by molar-refractivity contribution is 0.0963. The van der Waals surface area contributed by atoms with E-state index in [9.17, 15) is 4.79 Å². The van der Waals surface area contributed by atoms with E-state index in [2.05, 4.69) is 40.9 Å². The molecule has 0 aliphatic carbocycles. The quantitative estimate of drug-likeness (QED) is 0.415. The van der Waals surface area contributed by atoms with Crippen LogP contribution in [-0.2, 0) is 13.0 Å². The number of hydrogen-bond acceptors (Lipinski definition) is 3. The largest absolute Gasteiger partial charge is 0.493 e. The van der Waals surface area contributed by atoms with Gasteiger partial charge in [0.15, 0.2) is 5.96 Å². The van der Waals surface area contributed by atoms with E-state index in [1.54, 1.807) is 7.05 Å². The first-order valence-electron chi connectivity index (χ1n) is 10.6. The summed E-state index contributed by atoms with van der Waals surface area (Å²) in [6.45, 7) is 9.10. The van der Waals surface area contributed by atoms with Crippen molar-refractivity contribution < 1.29 is 9.53 Å². The summed E-state index contributed by atoms with van der Waals surface area (Å²) < 4.78 is 5.80. The maximum atomic E-state index is 11.8. The van der Waals surface area contributed by atoms with Gasteiger partial charge in [-0.2, -0.15) is 0 Å². The fourth-order valence-corrected chi connectivity index (χ4v) is 2.85. The molecule has 0 spiro atoms. The van der Waals surface area contributed by atoms with E-state index in [4.69, 9.17) is 4.74 Å². The van der Waals surface area contributed by atoms with Gasteiger partial charge in [-0.25, -0.2) is 4.99 Å². The van der Waals surface area contributed by atoms with Crippen molar-refractivity contribution in [1.29, 1.82) is 0 Å². The molecule has 6 nitrogen and oxygen atoms in total. The number of carbonyl (C=O) groups excluding carboxylic acids is 1. The zero-order valence-corrected chi connectivity index (χ0v) is 18.5. The van der Waals surface area contributed by atoms with Crippen LogP contribution in [0.15, 0.2) is 53.5 Å². The van der Waals surface area contributed by atoms with Crippen LogP contribution in [0.2, 0.25) is 0 Å². The number of hydrogen-bond donors (Lipinski definition) is 3. The highest BCUT2D eigenvalue weighted by molar-refractivity contribution is 5.94. The number of aliphatic imine (C=N–C) groups is 1. The van der Waals surface area contributed by atoms with Gasteiger partial charge in [-0.1, -0.05) is 38.1 Å². The second kappa shape index (κ2) is 12.5. The van der Waals surface area contributed by atoms with Crippen LogP contribution in [0.25, 0.3) is 0 Å². The van der Waals surface area contributed by atoms with Crippen LogP contribution in [0.5, 0.6) is 5.75 Å². The third-order valence-corrected chi connectivity index (χ3v) is 4.37. The standard InChI is InChI=1S/C24H34N4O2/c1-5-26-24(27-13-12-19-8-6-10-21(14-19)23(29)25-4)28-16-20-9-7-11-22(15-20)30-17-18(2)3/h6-11,14-15,18H,5,12-13,16-17H2,1-4H3,(H,25,29)(H2,26,27,28). The Kier molecular flexibility index (Phi) is 9.71. The van der Waals surface area contributed by atoms with Gasteiger partial charge in [0.2, 0.25) is 0 Å². The van der Waals surface area contributed by atoms with E-state index in [0.717, 1.165) is 42.3 Å². The molecule has 0 atom stereocenters. The fraction of sp³-hybridized carbons (Fsp3) is 0.417. The van der Waals surface area contributed by atoms with Crippen molar-refractivity contribution in [2.75, 3.05) is 26.7 Å². The van der Waals surface area contributed by atoms with E-state index in [-0.39, 0.29) is 5.91 Å². The van der Waals surface area contributed by atoms with E-state index in [1.807, 2.05) is 49.4 Å². The van der Waals surface area contributed by atoms with Crippen molar-refractivity contribution in [2.45, 2.75) is 33.7 Å². The van der Waals surface area contributed by atoms with Crippen molar-refractivity contribution in [3.05, 3.63) is 65.2 Å². The maximum Gasteiger partial charge on any atom is 0.251 e. The molecule has 162 valence electrons. The molecule has 0 aliphatic heterocycles. The molecule has 0 radical (unpaired) electrons. The Labute approximate surface area is 180 Å². The minimum absolute atomic E-state index is 0.0701. The molecule has 0 aliphatic rings. The summed E-state index contributed by atoms with van der Waals surface area (Å²) in [4.78, 5) is 16.5. The normalized spacial score (nSPS) is 11.3. The Morgan fingerprint density at radius 3 is 2.57 bits per heavy atom. The van der Waals surface area contributed by atoms with Gasteiger partial charge >= 0.3 is 0 Å². The van der Waals surface area contributed by atoms with Crippen LogP contribution < -0.4 is 20.7 Å². The SMILES string of the molecule is CCNC(=NCc1cccc(OCC(C)C)c1)NCCc1cccc(C(=O)NC)c1. The van der Waals surface area contributed by atoms with Crippen molar-refractivity contribution in [3.63, 3.8) is 0 Å². The van der Waals surface area contributed by atoms with E-state index in [0.29, 0.717) is 24.6 Å². The Morgan fingerprint density at radius 2 is 1.83 bits per heavy atom. The van der Waals surface area contributed by atoms with E-state index < -0.39 is 0 Å². The van der Waals surface area contributed by atoms with Gasteiger partial charge in [0.05, 0.1) is 13.2 Å². The van der Waals surface area contributed by atoms with E-state index in [1.165, 1.54) is 0 Å². The highest BCUT2D eigenvalue weighted by Crippen LogP contribution is 2.15. The summed E-state index contributed by atoms with van der Waals surface area (Å²) >= 11 is 0. The van der Waals surface area contributed by atoms with Gasteiger partial charge < -0.3 is 20.7 Å². The molecule has 2 rings (SSSR count). The number of nitrogens with zero attached hydrogens (tertiary/aromatic N) is 1. The van der Waals surface area contributed by atoms with E-state index >= 15 is 0 Å². The molecule has 2 aromatic carbocycles. The van der Waals surface area contributed by atoms with Crippen molar-refractivity contribution in [3.8, 4) is 5.75 Å². The Balaban J connectivity index is 1.92. The fourth-order valence-electron chi connectivity index (χ4n) is 2.85. The lowest BCUT2D eigenvalue weighted by Crippen LogP contribution is -2.38. The molecule has 1 amide bonds. The lowest BCUT2D eigenvalue weighted by atomic mass is 10.1. The Bertz CT molecular complexity index is 833. The van der Waals surface area contributed by atoms with Crippen LogP contribution in [0, 0.1) is 5.92 Å². The molecule has 3 N–H and O–H groups in total. The highest BCUT2D eigenvalue weighted by atomic mass is 16.5. The van der Waals surface area contributed by atoms with Gasteiger partial charge in [-0.3, -0.25) is 4.79 Å². The predicted octanol–water partition coefficient (Wildman–Crippen LogP) is 3.38. The maximum absolute atomic E-state index is 11.8. The predicted molar refractivity (Wildman–Crippen MR) is 123 cm³/mol. The highest BCUT2D eigenvalue weighted by Gasteiger charge is 2.04. The number of guanidine groups is 1. The molecule has 6 heteroatoms. The van der Waals surface area contributed by atoms with Crippen LogP contribution >= 0.6 is 0 Å². The smallest absolute Gasteiger partial charge is 0.251 e. The first-order valence-corrected chi connectivity index (χ1v) is 10.6. The van der Waals surface area contributed by atoms with Gasteiger partial charge in [-0.05, 0) is 54.7 Å². The molecular weight excluding hydrogens is 376 g/mol. The van der Waals surface area contributed by atoms with Gasteiger partial charge in [0.25, 0.3) is 5.91 Å². The third-order valence-electron chi connectivity index (χ3n) is 4.37. The minimum Gasteiger partial charge on any atom is -0.493 e. The summed E-state index contributed by atoms with van der Waals surface area (Å²) in [5, 5.41) is 9.30. The molecule has 0 fully saturated rings. The van der Waals surface area contributed by atoms with Gasteiger partial charge in [0.1, 0.15) is 5.75 Å². The van der Waals surface area contributed by atoms with Crippen LogP contribution in [0.4, 0.5) is 0 Å². The molecule has 0 saturated heterocycles. The number of nitrogens with one attached hydrogen (secondary N) is 3. The molecular formula is C24H34N4O2. The topological polar surface area (TPSA) is 74.8 Å². The summed E-state index contributed by atoms with van der Waals surface area (Å²) in [7, 11) is 1.64. The molecule has 30 heavy (non-hydrogen) atoms. The number of rotatable bonds is 10. The summed E-state index contributed by atoms with van der Waals surface area (Å²) in [6, 6.07) is 15.8.